The molecule has 0 saturated carbocycles. The molecule has 0 amide bonds. The Labute approximate surface area is 90.7 Å². The highest BCUT2D eigenvalue weighted by Gasteiger charge is 2.05. The molecular weight excluding hydrogens is 216 g/mol. The van der Waals surface area contributed by atoms with Gasteiger partial charge in [0.05, 0.1) is 4.90 Å². The Morgan fingerprint density at radius 1 is 1.21 bits per heavy atom. The molecule has 0 unspecified atom stereocenters. The third-order valence-electron chi connectivity index (χ3n) is 1.98. The number of hydrogen-bond donors (Lipinski definition) is 1. The zero-order chi connectivity index (χ0) is 10.6. The summed E-state index contributed by atoms with van der Waals surface area (Å²) in [6, 6.07) is 7.03. The van der Waals surface area contributed by atoms with Crippen molar-refractivity contribution in [1.29, 1.82) is 0 Å². The fourth-order valence-electron chi connectivity index (χ4n) is 1.19. The van der Waals surface area contributed by atoms with Gasteiger partial charge in [-0.25, -0.2) is 8.42 Å². The minimum atomic E-state index is -3.06. The maximum atomic E-state index is 11.1. The van der Waals surface area contributed by atoms with Gasteiger partial charge in [-0.2, -0.15) is 12.6 Å². The number of aryl methyl sites for hydroxylation is 1. The third-order valence-corrected chi connectivity index (χ3v) is 3.42. The number of hydrogen-bond acceptors (Lipinski definition) is 3. The van der Waals surface area contributed by atoms with Gasteiger partial charge in [-0.05, 0) is 36.3 Å². The third kappa shape index (κ3) is 3.35. The summed E-state index contributed by atoms with van der Waals surface area (Å²) in [7, 11) is -3.06. The first-order valence-electron chi connectivity index (χ1n) is 4.44. The summed E-state index contributed by atoms with van der Waals surface area (Å²) in [5, 5.41) is 0. The normalized spacial score (nSPS) is 11.6. The standard InChI is InChI=1S/C10H14O2S2/c1-14(11,12)10-6-4-9(5-7-10)3-2-8-13/h4-7,13H,2-3,8H2,1H3. The molecule has 0 aliphatic heterocycles. The Balaban J connectivity index is 2.79. The summed E-state index contributed by atoms with van der Waals surface area (Å²) >= 11 is 4.12. The van der Waals surface area contributed by atoms with E-state index in [9.17, 15) is 8.42 Å². The molecule has 0 heterocycles. The van der Waals surface area contributed by atoms with Crippen LogP contribution in [0.1, 0.15) is 12.0 Å². The van der Waals surface area contributed by atoms with E-state index in [2.05, 4.69) is 12.6 Å². The van der Waals surface area contributed by atoms with Crippen LogP contribution in [0.3, 0.4) is 0 Å². The van der Waals surface area contributed by atoms with Crippen LogP contribution >= 0.6 is 12.6 Å². The van der Waals surface area contributed by atoms with Crippen molar-refractivity contribution in [3.05, 3.63) is 29.8 Å². The molecule has 0 N–H and O–H groups in total. The molecular formula is C10H14O2S2. The van der Waals surface area contributed by atoms with Crippen molar-refractivity contribution < 1.29 is 8.42 Å². The lowest BCUT2D eigenvalue weighted by Gasteiger charge is -2.01. The average molecular weight is 230 g/mol. The molecule has 0 aliphatic carbocycles. The molecule has 0 bridgehead atoms. The molecule has 0 radical (unpaired) electrons. The second-order valence-corrected chi connectivity index (χ2v) is 5.71. The quantitative estimate of drug-likeness (QED) is 0.802. The van der Waals surface area contributed by atoms with E-state index >= 15 is 0 Å². The fraction of sp³-hybridized carbons (Fsp3) is 0.400. The number of sulfone groups is 1. The van der Waals surface area contributed by atoms with Gasteiger partial charge in [0, 0.05) is 6.26 Å². The monoisotopic (exact) mass is 230 g/mol. The van der Waals surface area contributed by atoms with E-state index in [1.807, 2.05) is 12.1 Å². The molecule has 78 valence electrons. The van der Waals surface area contributed by atoms with Gasteiger partial charge < -0.3 is 0 Å². The predicted octanol–water partition coefficient (Wildman–Crippen LogP) is 1.95. The van der Waals surface area contributed by atoms with Crippen molar-refractivity contribution >= 4 is 22.5 Å². The summed E-state index contributed by atoms with van der Waals surface area (Å²) in [6.07, 6.45) is 3.19. The van der Waals surface area contributed by atoms with Crippen molar-refractivity contribution in [1.82, 2.24) is 0 Å². The summed E-state index contributed by atoms with van der Waals surface area (Å²) in [4.78, 5) is 0.382. The van der Waals surface area contributed by atoms with Crippen LogP contribution in [-0.2, 0) is 16.3 Å². The van der Waals surface area contributed by atoms with E-state index in [1.165, 1.54) is 6.26 Å². The van der Waals surface area contributed by atoms with Crippen LogP contribution in [0.15, 0.2) is 29.2 Å². The van der Waals surface area contributed by atoms with E-state index in [4.69, 9.17) is 0 Å². The lowest BCUT2D eigenvalue weighted by atomic mass is 10.1. The molecule has 0 fully saturated rings. The van der Waals surface area contributed by atoms with Gasteiger partial charge in [0.15, 0.2) is 9.84 Å². The molecule has 0 aliphatic rings. The van der Waals surface area contributed by atoms with Crippen LogP contribution in [-0.4, -0.2) is 20.4 Å². The van der Waals surface area contributed by atoms with Crippen LogP contribution < -0.4 is 0 Å². The van der Waals surface area contributed by atoms with Crippen molar-refractivity contribution in [3.63, 3.8) is 0 Å². The highest BCUT2D eigenvalue weighted by atomic mass is 32.2. The SMILES string of the molecule is CS(=O)(=O)c1ccc(CCCS)cc1. The minimum Gasteiger partial charge on any atom is -0.224 e. The van der Waals surface area contributed by atoms with E-state index < -0.39 is 9.84 Å². The second-order valence-electron chi connectivity index (χ2n) is 3.24. The molecule has 1 aromatic rings. The maximum absolute atomic E-state index is 11.1. The van der Waals surface area contributed by atoms with Crippen LogP contribution in [0.5, 0.6) is 0 Å². The molecule has 1 aromatic carbocycles. The Morgan fingerprint density at radius 2 is 1.79 bits per heavy atom. The van der Waals surface area contributed by atoms with Crippen molar-refractivity contribution in [3.8, 4) is 0 Å². The summed E-state index contributed by atoms with van der Waals surface area (Å²) in [5.74, 6) is 0.855. The highest BCUT2D eigenvalue weighted by molar-refractivity contribution is 7.90. The highest BCUT2D eigenvalue weighted by Crippen LogP contribution is 2.11. The van der Waals surface area contributed by atoms with Crippen molar-refractivity contribution in [2.24, 2.45) is 0 Å². The Hall–Kier alpha value is -0.480. The van der Waals surface area contributed by atoms with Gasteiger partial charge in [-0.3, -0.25) is 0 Å². The molecule has 0 aromatic heterocycles. The Bertz CT molecular complexity index is 379. The zero-order valence-corrected chi connectivity index (χ0v) is 9.81. The van der Waals surface area contributed by atoms with Crippen molar-refractivity contribution in [2.75, 3.05) is 12.0 Å². The molecule has 0 spiro atoms. The average Bonchev–Trinajstić information content (AvgIpc) is 2.14. The molecule has 4 heteroatoms. The zero-order valence-electron chi connectivity index (χ0n) is 8.10. The van der Waals surface area contributed by atoms with Crippen LogP contribution in [0.4, 0.5) is 0 Å². The lowest BCUT2D eigenvalue weighted by molar-refractivity contribution is 0.602. The van der Waals surface area contributed by atoms with Gasteiger partial charge in [0.25, 0.3) is 0 Å². The maximum Gasteiger partial charge on any atom is 0.175 e. The fourth-order valence-corrected chi connectivity index (χ4v) is 1.98. The first-order valence-corrected chi connectivity index (χ1v) is 6.96. The number of rotatable bonds is 4. The Kier molecular flexibility index (Phi) is 4.01. The van der Waals surface area contributed by atoms with E-state index in [-0.39, 0.29) is 0 Å². The summed E-state index contributed by atoms with van der Waals surface area (Å²) in [5.41, 5.74) is 1.16. The van der Waals surface area contributed by atoms with Gasteiger partial charge >= 0.3 is 0 Å². The second kappa shape index (κ2) is 4.84. The van der Waals surface area contributed by atoms with Gasteiger partial charge in [-0.15, -0.1) is 0 Å². The van der Waals surface area contributed by atoms with Crippen molar-refractivity contribution in [2.45, 2.75) is 17.7 Å². The van der Waals surface area contributed by atoms with Crippen LogP contribution in [0.25, 0.3) is 0 Å². The molecule has 14 heavy (non-hydrogen) atoms. The summed E-state index contributed by atoms with van der Waals surface area (Å²) < 4.78 is 22.3. The van der Waals surface area contributed by atoms with Crippen LogP contribution in [0.2, 0.25) is 0 Å². The van der Waals surface area contributed by atoms with Gasteiger partial charge in [0.2, 0.25) is 0 Å². The topological polar surface area (TPSA) is 34.1 Å². The lowest BCUT2D eigenvalue weighted by Crippen LogP contribution is -1.97. The Morgan fingerprint density at radius 3 is 2.21 bits per heavy atom. The number of benzene rings is 1. The predicted molar refractivity (Wildman–Crippen MR) is 61.7 cm³/mol. The molecule has 0 atom stereocenters. The van der Waals surface area contributed by atoms with Crippen LogP contribution in [0, 0.1) is 0 Å². The van der Waals surface area contributed by atoms with E-state index in [0.29, 0.717) is 4.90 Å². The largest absolute Gasteiger partial charge is 0.224 e. The molecule has 1 rings (SSSR count). The number of thiol groups is 1. The van der Waals surface area contributed by atoms with E-state index in [1.54, 1.807) is 12.1 Å². The summed E-state index contributed by atoms with van der Waals surface area (Å²) in [6.45, 7) is 0. The van der Waals surface area contributed by atoms with E-state index in [0.717, 1.165) is 24.2 Å². The molecule has 2 nitrogen and oxygen atoms in total. The molecule has 0 saturated heterocycles. The van der Waals surface area contributed by atoms with Gasteiger partial charge in [-0.1, -0.05) is 12.1 Å². The smallest absolute Gasteiger partial charge is 0.175 e. The first kappa shape index (κ1) is 11.6. The first-order chi connectivity index (χ1) is 6.54. The van der Waals surface area contributed by atoms with Gasteiger partial charge in [0.1, 0.15) is 0 Å². The minimum absolute atomic E-state index is 0.382.